The van der Waals surface area contributed by atoms with Crippen LogP contribution in [0, 0.1) is 17.2 Å². The van der Waals surface area contributed by atoms with E-state index in [9.17, 15) is 4.79 Å². The van der Waals surface area contributed by atoms with E-state index in [1.54, 1.807) is 18.2 Å². The molecular formula is C13H14N2O2. The monoisotopic (exact) mass is 230 g/mol. The van der Waals surface area contributed by atoms with Gasteiger partial charge in [0.1, 0.15) is 17.5 Å². The second-order valence-electron chi connectivity index (χ2n) is 4.19. The molecule has 4 heteroatoms. The molecule has 17 heavy (non-hydrogen) atoms. The molecule has 0 saturated heterocycles. The first-order valence-corrected chi connectivity index (χ1v) is 5.61. The van der Waals surface area contributed by atoms with Crippen LogP contribution in [0.4, 0.5) is 5.69 Å². The Hall–Kier alpha value is -2.02. The van der Waals surface area contributed by atoms with E-state index in [1.165, 1.54) is 7.11 Å². The van der Waals surface area contributed by atoms with Gasteiger partial charge >= 0.3 is 0 Å². The molecule has 1 amide bonds. The molecule has 4 nitrogen and oxygen atoms in total. The summed E-state index contributed by atoms with van der Waals surface area (Å²) in [5, 5.41) is 11.8. The third-order valence-corrected chi connectivity index (χ3v) is 2.80. The molecule has 0 aliphatic heterocycles. The van der Waals surface area contributed by atoms with Crippen molar-refractivity contribution in [3.63, 3.8) is 0 Å². The Labute approximate surface area is 100 Å². The fourth-order valence-electron chi connectivity index (χ4n) is 1.70. The van der Waals surface area contributed by atoms with Crippen LogP contribution in [0.1, 0.15) is 24.8 Å². The van der Waals surface area contributed by atoms with Crippen molar-refractivity contribution in [1.29, 1.82) is 5.26 Å². The predicted octanol–water partition coefficient (Wildman–Crippen LogP) is 2.31. The van der Waals surface area contributed by atoms with Crippen molar-refractivity contribution in [2.24, 2.45) is 5.92 Å². The van der Waals surface area contributed by atoms with E-state index in [0.29, 0.717) is 29.3 Å². The summed E-state index contributed by atoms with van der Waals surface area (Å²) >= 11 is 0. The molecule has 2 rings (SSSR count). The summed E-state index contributed by atoms with van der Waals surface area (Å²) in [5.41, 5.74) is 0.900. The fraction of sp³-hybridized carbons (Fsp3) is 0.385. The Morgan fingerprint density at radius 3 is 2.94 bits per heavy atom. The number of ether oxygens (including phenoxy) is 1. The molecule has 0 heterocycles. The van der Waals surface area contributed by atoms with E-state index in [1.807, 2.05) is 6.07 Å². The summed E-state index contributed by atoms with van der Waals surface area (Å²) in [4.78, 5) is 11.7. The number of benzene rings is 1. The lowest BCUT2D eigenvalue weighted by molar-refractivity contribution is -0.116. The number of carbonyl (C=O) groups excluding carboxylic acids is 1. The number of hydrogen-bond acceptors (Lipinski definition) is 3. The number of methoxy groups -OCH3 is 1. The minimum absolute atomic E-state index is 0.0477. The molecule has 1 aromatic rings. The lowest BCUT2D eigenvalue weighted by atomic mass is 10.1. The molecule has 0 spiro atoms. The number of nitrogens with zero attached hydrogens (tertiary/aromatic N) is 1. The quantitative estimate of drug-likeness (QED) is 0.863. The normalized spacial score (nSPS) is 13.9. The van der Waals surface area contributed by atoms with Crippen molar-refractivity contribution in [2.75, 3.05) is 12.4 Å². The van der Waals surface area contributed by atoms with Crippen LogP contribution in [-0.4, -0.2) is 13.0 Å². The average molecular weight is 230 g/mol. The minimum Gasteiger partial charge on any atom is -0.495 e. The minimum atomic E-state index is -0.0477. The van der Waals surface area contributed by atoms with Crippen molar-refractivity contribution < 1.29 is 9.53 Å². The average Bonchev–Trinajstić information content (AvgIpc) is 3.13. The molecule has 1 aliphatic rings. The molecule has 1 aromatic carbocycles. The van der Waals surface area contributed by atoms with Crippen LogP contribution in [0.25, 0.3) is 0 Å². The highest BCUT2D eigenvalue weighted by molar-refractivity contribution is 5.94. The molecule has 0 bridgehead atoms. The van der Waals surface area contributed by atoms with Gasteiger partial charge in [-0.2, -0.15) is 5.26 Å². The van der Waals surface area contributed by atoms with Crippen LogP contribution < -0.4 is 10.1 Å². The van der Waals surface area contributed by atoms with Gasteiger partial charge in [-0.3, -0.25) is 4.79 Å². The Balaban J connectivity index is 2.17. The van der Waals surface area contributed by atoms with Crippen molar-refractivity contribution in [1.82, 2.24) is 0 Å². The van der Waals surface area contributed by atoms with Gasteiger partial charge < -0.3 is 10.1 Å². The predicted molar refractivity (Wildman–Crippen MR) is 63.7 cm³/mol. The van der Waals surface area contributed by atoms with E-state index >= 15 is 0 Å². The van der Waals surface area contributed by atoms with E-state index in [0.717, 1.165) is 12.8 Å². The van der Waals surface area contributed by atoms with Crippen LogP contribution in [0.2, 0.25) is 0 Å². The number of hydrogen-bond donors (Lipinski definition) is 1. The third kappa shape index (κ3) is 2.76. The summed E-state index contributed by atoms with van der Waals surface area (Å²) in [6.45, 7) is 0. The molecule has 1 aliphatic carbocycles. The van der Waals surface area contributed by atoms with Gasteiger partial charge in [0.25, 0.3) is 0 Å². The zero-order valence-electron chi connectivity index (χ0n) is 9.69. The van der Waals surface area contributed by atoms with Gasteiger partial charge in [0.05, 0.1) is 12.7 Å². The van der Waals surface area contributed by atoms with E-state index < -0.39 is 0 Å². The first-order valence-electron chi connectivity index (χ1n) is 5.61. The highest BCUT2D eigenvalue weighted by Crippen LogP contribution is 2.34. The van der Waals surface area contributed by atoms with Crippen LogP contribution >= 0.6 is 0 Å². The maximum absolute atomic E-state index is 11.7. The Kier molecular flexibility index (Phi) is 3.29. The largest absolute Gasteiger partial charge is 0.495 e. The lowest BCUT2D eigenvalue weighted by Crippen LogP contribution is -2.13. The summed E-state index contributed by atoms with van der Waals surface area (Å²) in [5.74, 6) is 0.997. The van der Waals surface area contributed by atoms with Gasteiger partial charge in [-0.1, -0.05) is 6.07 Å². The number of para-hydroxylation sites is 1. The maximum Gasteiger partial charge on any atom is 0.224 e. The number of anilines is 1. The fourth-order valence-corrected chi connectivity index (χ4v) is 1.70. The van der Waals surface area contributed by atoms with Gasteiger partial charge in [0.2, 0.25) is 5.91 Å². The van der Waals surface area contributed by atoms with Crippen molar-refractivity contribution in [2.45, 2.75) is 19.3 Å². The number of nitrogens with one attached hydrogen (secondary N) is 1. The number of nitriles is 1. The molecule has 0 atom stereocenters. The summed E-state index contributed by atoms with van der Waals surface area (Å²) in [6, 6.07) is 7.17. The zero-order chi connectivity index (χ0) is 12.3. The Morgan fingerprint density at radius 1 is 1.59 bits per heavy atom. The Morgan fingerprint density at radius 2 is 2.35 bits per heavy atom. The highest BCUT2D eigenvalue weighted by atomic mass is 16.5. The summed E-state index contributed by atoms with van der Waals surface area (Å²) in [6.07, 6.45) is 2.79. The molecule has 1 fully saturated rings. The van der Waals surface area contributed by atoms with Gasteiger partial charge in [0, 0.05) is 6.42 Å². The molecule has 1 N–H and O–H groups in total. The first kappa shape index (κ1) is 11.5. The second kappa shape index (κ2) is 4.88. The standard InChI is InChI=1S/C13H14N2O2/c1-17-11-4-2-3-10(8-14)13(11)15-12(16)7-9-5-6-9/h2-4,9H,5-7H2,1H3,(H,15,16). The van der Waals surface area contributed by atoms with Crippen LogP contribution in [0.15, 0.2) is 18.2 Å². The van der Waals surface area contributed by atoms with Crippen LogP contribution in [0.5, 0.6) is 5.75 Å². The van der Waals surface area contributed by atoms with Crippen LogP contribution in [0.3, 0.4) is 0 Å². The zero-order valence-corrected chi connectivity index (χ0v) is 9.69. The van der Waals surface area contributed by atoms with Crippen molar-refractivity contribution in [3.8, 4) is 11.8 Å². The molecular weight excluding hydrogens is 216 g/mol. The molecule has 1 saturated carbocycles. The van der Waals surface area contributed by atoms with Crippen LogP contribution in [-0.2, 0) is 4.79 Å². The molecule has 0 radical (unpaired) electrons. The van der Waals surface area contributed by atoms with Gasteiger partial charge in [-0.05, 0) is 30.9 Å². The number of carbonyl (C=O) groups is 1. The molecule has 88 valence electrons. The highest BCUT2D eigenvalue weighted by Gasteiger charge is 2.25. The SMILES string of the molecule is COc1cccc(C#N)c1NC(=O)CC1CC1. The van der Waals surface area contributed by atoms with E-state index in [2.05, 4.69) is 5.32 Å². The third-order valence-electron chi connectivity index (χ3n) is 2.80. The van der Waals surface area contributed by atoms with E-state index in [4.69, 9.17) is 10.00 Å². The van der Waals surface area contributed by atoms with Gasteiger partial charge in [-0.15, -0.1) is 0 Å². The number of amides is 1. The molecule has 0 aromatic heterocycles. The van der Waals surface area contributed by atoms with E-state index in [-0.39, 0.29) is 5.91 Å². The maximum atomic E-state index is 11.7. The second-order valence-corrected chi connectivity index (χ2v) is 4.19. The summed E-state index contributed by atoms with van der Waals surface area (Å²) < 4.78 is 5.14. The van der Waals surface area contributed by atoms with Gasteiger partial charge in [0.15, 0.2) is 0 Å². The smallest absolute Gasteiger partial charge is 0.224 e. The Bertz CT molecular complexity index is 473. The van der Waals surface area contributed by atoms with Gasteiger partial charge in [-0.25, -0.2) is 0 Å². The van der Waals surface area contributed by atoms with Crippen molar-refractivity contribution in [3.05, 3.63) is 23.8 Å². The van der Waals surface area contributed by atoms with Crippen molar-refractivity contribution >= 4 is 11.6 Å². The topological polar surface area (TPSA) is 62.1 Å². The first-order chi connectivity index (χ1) is 8.24. The summed E-state index contributed by atoms with van der Waals surface area (Å²) in [7, 11) is 1.52. The number of rotatable bonds is 4. The lowest BCUT2D eigenvalue weighted by Gasteiger charge is -2.11. The molecule has 0 unspecified atom stereocenters.